The van der Waals surface area contributed by atoms with E-state index < -0.39 is 0 Å². The van der Waals surface area contributed by atoms with Crippen molar-refractivity contribution >= 4 is 11.6 Å². The minimum atomic E-state index is 0.562. The standard InChI is InChI=1S/C11H14ClNO/c12-10-6-8-2-1-3-11(8)9(7-10)4-5-14-13/h6-7H,1-5,13H2. The Morgan fingerprint density at radius 1 is 1.36 bits per heavy atom. The van der Waals surface area contributed by atoms with Gasteiger partial charge >= 0.3 is 0 Å². The Labute approximate surface area is 89.0 Å². The maximum absolute atomic E-state index is 6.04. The largest absolute Gasteiger partial charge is 0.304 e. The predicted molar refractivity (Wildman–Crippen MR) is 57.3 cm³/mol. The van der Waals surface area contributed by atoms with Gasteiger partial charge in [0, 0.05) is 5.02 Å². The molecule has 2 N–H and O–H groups in total. The highest BCUT2D eigenvalue weighted by atomic mass is 35.5. The Morgan fingerprint density at radius 3 is 3.00 bits per heavy atom. The van der Waals surface area contributed by atoms with Gasteiger partial charge in [0.15, 0.2) is 0 Å². The third-order valence-electron chi connectivity index (χ3n) is 2.76. The molecule has 2 nitrogen and oxygen atoms in total. The molecule has 0 radical (unpaired) electrons. The summed E-state index contributed by atoms with van der Waals surface area (Å²) in [6.45, 7) is 0.562. The van der Waals surface area contributed by atoms with E-state index in [1.54, 1.807) is 0 Å². The average molecular weight is 212 g/mol. The van der Waals surface area contributed by atoms with Crippen molar-refractivity contribution in [1.29, 1.82) is 0 Å². The molecule has 1 aromatic carbocycles. The normalized spacial score (nSPS) is 14.4. The van der Waals surface area contributed by atoms with E-state index in [0.717, 1.165) is 17.9 Å². The van der Waals surface area contributed by atoms with Gasteiger partial charge in [-0.25, -0.2) is 5.90 Å². The van der Waals surface area contributed by atoms with Crippen molar-refractivity contribution < 1.29 is 4.84 Å². The molecular weight excluding hydrogens is 198 g/mol. The molecule has 0 spiro atoms. The summed E-state index contributed by atoms with van der Waals surface area (Å²) in [5.41, 5.74) is 4.17. The summed E-state index contributed by atoms with van der Waals surface area (Å²) in [6.07, 6.45) is 4.43. The summed E-state index contributed by atoms with van der Waals surface area (Å²) in [5.74, 6) is 5.03. The average Bonchev–Trinajstić information content (AvgIpc) is 2.61. The van der Waals surface area contributed by atoms with Crippen LogP contribution in [-0.2, 0) is 24.1 Å². The lowest BCUT2D eigenvalue weighted by Crippen LogP contribution is -2.05. The number of fused-ring (bicyclic) bond motifs is 1. The predicted octanol–water partition coefficient (Wildman–Crippen LogP) is 2.26. The summed E-state index contributed by atoms with van der Waals surface area (Å²) in [7, 11) is 0. The van der Waals surface area contributed by atoms with Crippen molar-refractivity contribution in [2.75, 3.05) is 6.61 Å². The van der Waals surface area contributed by atoms with Gasteiger partial charge in [-0.15, -0.1) is 0 Å². The first-order valence-electron chi connectivity index (χ1n) is 4.93. The molecule has 1 aromatic rings. The molecule has 0 heterocycles. The van der Waals surface area contributed by atoms with Gasteiger partial charge in [-0.05, 0) is 54.5 Å². The molecule has 0 amide bonds. The summed E-state index contributed by atoms with van der Waals surface area (Å²) in [5, 5.41) is 0.831. The van der Waals surface area contributed by atoms with E-state index in [1.807, 2.05) is 6.07 Å². The number of benzene rings is 1. The highest BCUT2D eigenvalue weighted by Crippen LogP contribution is 2.29. The van der Waals surface area contributed by atoms with Crippen LogP contribution in [0.15, 0.2) is 12.1 Å². The molecule has 76 valence electrons. The molecule has 0 aromatic heterocycles. The Morgan fingerprint density at radius 2 is 2.21 bits per heavy atom. The minimum Gasteiger partial charge on any atom is -0.304 e. The van der Waals surface area contributed by atoms with Crippen LogP contribution in [0.1, 0.15) is 23.1 Å². The van der Waals surface area contributed by atoms with Crippen LogP contribution in [-0.4, -0.2) is 6.61 Å². The second-order valence-electron chi connectivity index (χ2n) is 3.68. The SMILES string of the molecule is NOCCc1cc(Cl)cc2c1CCC2. The number of aryl methyl sites for hydroxylation is 1. The number of nitrogens with two attached hydrogens (primary N) is 1. The first-order chi connectivity index (χ1) is 6.81. The van der Waals surface area contributed by atoms with Gasteiger partial charge in [-0.1, -0.05) is 11.6 Å². The van der Waals surface area contributed by atoms with E-state index in [9.17, 15) is 0 Å². The molecule has 1 aliphatic carbocycles. The molecule has 0 saturated carbocycles. The number of halogens is 1. The van der Waals surface area contributed by atoms with Gasteiger partial charge in [0.05, 0.1) is 6.61 Å². The lowest BCUT2D eigenvalue weighted by atomic mass is 10.0. The van der Waals surface area contributed by atoms with Gasteiger partial charge in [-0.3, -0.25) is 0 Å². The molecule has 14 heavy (non-hydrogen) atoms. The lowest BCUT2D eigenvalue weighted by molar-refractivity contribution is 0.141. The molecule has 2 rings (SSSR count). The second kappa shape index (κ2) is 4.30. The zero-order valence-electron chi connectivity index (χ0n) is 8.05. The summed E-state index contributed by atoms with van der Waals surface area (Å²) < 4.78 is 0. The zero-order valence-corrected chi connectivity index (χ0v) is 8.81. The maximum atomic E-state index is 6.04. The molecule has 0 fully saturated rings. The van der Waals surface area contributed by atoms with Crippen LogP contribution in [0.3, 0.4) is 0 Å². The summed E-state index contributed by atoms with van der Waals surface area (Å²) in [6, 6.07) is 4.11. The van der Waals surface area contributed by atoms with Gasteiger partial charge in [0.1, 0.15) is 0 Å². The van der Waals surface area contributed by atoms with Crippen LogP contribution in [0.2, 0.25) is 5.02 Å². The van der Waals surface area contributed by atoms with Gasteiger partial charge in [0.25, 0.3) is 0 Å². The van der Waals surface area contributed by atoms with Crippen LogP contribution in [0.25, 0.3) is 0 Å². The molecule has 0 unspecified atom stereocenters. The van der Waals surface area contributed by atoms with Gasteiger partial charge in [0.2, 0.25) is 0 Å². The summed E-state index contributed by atoms with van der Waals surface area (Å²) in [4.78, 5) is 4.60. The zero-order chi connectivity index (χ0) is 9.97. The van der Waals surface area contributed by atoms with Crippen molar-refractivity contribution in [1.82, 2.24) is 0 Å². The van der Waals surface area contributed by atoms with E-state index in [0.29, 0.717) is 6.61 Å². The van der Waals surface area contributed by atoms with Crippen molar-refractivity contribution in [2.45, 2.75) is 25.7 Å². The third kappa shape index (κ3) is 1.92. The van der Waals surface area contributed by atoms with Crippen molar-refractivity contribution in [3.05, 3.63) is 33.8 Å². The Hall–Kier alpha value is -0.570. The molecule has 0 atom stereocenters. The Bertz CT molecular complexity index is 338. The second-order valence-corrected chi connectivity index (χ2v) is 4.11. The van der Waals surface area contributed by atoms with Crippen LogP contribution < -0.4 is 5.90 Å². The minimum absolute atomic E-state index is 0.562. The first-order valence-corrected chi connectivity index (χ1v) is 5.31. The third-order valence-corrected chi connectivity index (χ3v) is 2.98. The monoisotopic (exact) mass is 211 g/mol. The lowest BCUT2D eigenvalue weighted by Gasteiger charge is -2.08. The topological polar surface area (TPSA) is 35.2 Å². The molecule has 0 aliphatic heterocycles. The molecular formula is C11H14ClNO. The highest BCUT2D eigenvalue weighted by molar-refractivity contribution is 6.30. The molecule has 0 bridgehead atoms. The molecule has 0 saturated heterocycles. The quantitative estimate of drug-likeness (QED) is 0.779. The van der Waals surface area contributed by atoms with E-state index in [4.69, 9.17) is 17.5 Å². The molecule has 1 aliphatic rings. The van der Waals surface area contributed by atoms with Gasteiger partial charge < -0.3 is 4.84 Å². The highest BCUT2D eigenvalue weighted by Gasteiger charge is 2.15. The van der Waals surface area contributed by atoms with Crippen LogP contribution in [0, 0.1) is 0 Å². The van der Waals surface area contributed by atoms with E-state index in [2.05, 4.69) is 10.9 Å². The Kier molecular flexibility index (Phi) is 3.06. The smallest absolute Gasteiger partial charge is 0.0719 e. The number of rotatable bonds is 3. The number of hydrogen-bond acceptors (Lipinski definition) is 2. The first kappa shape index (κ1) is 9.97. The van der Waals surface area contributed by atoms with Crippen molar-refractivity contribution in [3.8, 4) is 0 Å². The fraction of sp³-hybridized carbons (Fsp3) is 0.455. The van der Waals surface area contributed by atoms with Crippen LogP contribution >= 0.6 is 11.6 Å². The fourth-order valence-electron chi connectivity index (χ4n) is 2.15. The van der Waals surface area contributed by atoms with Crippen molar-refractivity contribution in [2.24, 2.45) is 5.90 Å². The van der Waals surface area contributed by atoms with E-state index >= 15 is 0 Å². The Balaban J connectivity index is 2.29. The summed E-state index contributed by atoms with van der Waals surface area (Å²) >= 11 is 6.04. The fourth-order valence-corrected chi connectivity index (χ4v) is 2.41. The van der Waals surface area contributed by atoms with Crippen LogP contribution in [0.4, 0.5) is 0 Å². The molecule has 3 heteroatoms. The van der Waals surface area contributed by atoms with Gasteiger partial charge in [-0.2, -0.15) is 0 Å². The van der Waals surface area contributed by atoms with E-state index in [-0.39, 0.29) is 0 Å². The van der Waals surface area contributed by atoms with E-state index in [1.165, 1.54) is 29.5 Å². The maximum Gasteiger partial charge on any atom is 0.0719 e. The number of hydrogen-bond donors (Lipinski definition) is 1. The van der Waals surface area contributed by atoms with Crippen molar-refractivity contribution in [3.63, 3.8) is 0 Å². The van der Waals surface area contributed by atoms with Crippen LogP contribution in [0.5, 0.6) is 0 Å².